The summed E-state index contributed by atoms with van der Waals surface area (Å²) in [5.41, 5.74) is 3.45. The Morgan fingerprint density at radius 2 is 1.69 bits per heavy atom. The van der Waals surface area contributed by atoms with Crippen molar-refractivity contribution in [1.29, 1.82) is 0 Å². The molecular weight excluding hydrogens is 200 g/mol. The zero-order valence-corrected chi connectivity index (χ0v) is 11.0. The second-order valence-electron chi connectivity index (χ2n) is 4.17. The van der Waals surface area contributed by atoms with Crippen LogP contribution in [-0.4, -0.2) is 37.2 Å². The fraction of sp³-hybridized carbons (Fsp3) is 0.667. The van der Waals surface area contributed by atoms with E-state index in [-0.39, 0.29) is 0 Å². The molecule has 0 aliphatic heterocycles. The Bertz CT molecular complexity index is 324. The number of rotatable bonds is 5. The number of anilines is 1. The zero-order chi connectivity index (χ0) is 12.1. The number of nitrogens with one attached hydrogen (secondary N) is 1. The quantitative estimate of drug-likeness (QED) is 0.763. The molecule has 0 saturated heterocycles. The molecule has 0 fully saturated rings. The van der Waals surface area contributed by atoms with Crippen LogP contribution in [0.25, 0.3) is 0 Å². The average molecular weight is 222 g/mol. The first-order valence-electron chi connectivity index (χ1n) is 5.78. The molecule has 4 heteroatoms. The predicted octanol–water partition coefficient (Wildman–Crippen LogP) is 1.31. The summed E-state index contributed by atoms with van der Waals surface area (Å²) >= 11 is 0. The van der Waals surface area contributed by atoms with E-state index in [2.05, 4.69) is 36.1 Å². The van der Waals surface area contributed by atoms with E-state index in [1.54, 1.807) is 0 Å². The molecule has 0 bridgehead atoms. The van der Waals surface area contributed by atoms with E-state index in [0.29, 0.717) is 0 Å². The lowest BCUT2D eigenvalue weighted by molar-refractivity contribution is 0.707. The number of nitrogens with zero attached hydrogens (tertiary/aromatic N) is 3. The van der Waals surface area contributed by atoms with Gasteiger partial charge in [0.05, 0.1) is 0 Å². The third-order valence-electron chi connectivity index (χ3n) is 2.61. The van der Waals surface area contributed by atoms with Gasteiger partial charge < -0.3 is 10.2 Å². The summed E-state index contributed by atoms with van der Waals surface area (Å²) in [6.45, 7) is 8.23. The Labute approximate surface area is 98.1 Å². The largest absolute Gasteiger partial charge is 0.347 e. The highest BCUT2D eigenvalue weighted by molar-refractivity contribution is 5.35. The Hall–Kier alpha value is -1.16. The Kier molecular flexibility index (Phi) is 4.68. The fourth-order valence-electron chi connectivity index (χ4n) is 1.67. The first-order chi connectivity index (χ1) is 7.56. The normalized spacial score (nSPS) is 10.6. The lowest BCUT2D eigenvalue weighted by Gasteiger charge is -2.15. The van der Waals surface area contributed by atoms with Crippen molar-refractivity contribution in [3.63, 3.8) is 0 Å². The lowest BCUT2D eigenvalue weighted by atomic mass is 10.1. The van der Waals surface area contributed by atoms with Gasteiger partial charge in [-0.1, -0.05) is 6.92 Å². The number of aryl methyl sites for hydroxylation is 2. The van der Waals surface area contributed by atoms with Gasteiger partial charge in [0.15, 0.2) is 0 Å². The van der Waals surface area contributed by atoms with E-state index in [1.807, 2.05) is 19.0 Å². The molecule has 4 nitrogen and oxygen atoms in total. The van der Waals surface area contributed by atoms with Crippen LogP contribution in [0.15, 0.2) is 0 Å². The van der Waals surface area contributed by atoms with Crippen LogP contribution in [0.5, 0.6) is 0 Å². The van der Waals surface area contributed by atoms with Crippen molar-refractivity contribution in [2.45, 2.75) is 27.2 Å². The van der Waals surface area contributed by atoms with Crippen molar-refractivity contribution in [2.24, 2.45) is 0 Å². The Morgan fingerprint density at radius 3 is 2.12 bits per heavy atom. The number of hydrogen-bond acceptors (Lipinski definition) is 4. The monoisotopic (exact) mass is 222 g/mol. The molecule has 0 unspecified atom stereocenters. The summed E-state index contributed by atoms with van der Waals surface area (Å²) in [4.78, 5) is 10.9. The summed E-state index contributed by atoms with van der Waals surface area (Å²) in [6, 6.07) is 0. The van der Waals surface area contributed by atoms with Crippen LogP contribution in [0.2, 0.25) is 0 Å². The molecule has 0 saturated carbocycles. The van der Waals surface area contributed by atoms with Gasteiger partial charge in [-0.25, -0.2) is 9.97 Å². The van der Waals surface area contributed by atoms with Crippen LogP contribution in [0.4, 0.5) is 5.95 Å². The highest BCUT2D eigenvalue weighted by Crippen LogP contribution is 2.14. The summed E-state index contributed by atoms with van der Waals surface area (Å²) in [6.07, 6.45) is 0.999. The number of likely N-dealkylation sites (N-methyl/N-ethyl adjacent to an activating group) is 1. The molecule has 1 aromatic rings. The third kappa shape index (κ3) is 3.17. The van der Waals surface area contributed by atoms with Crippen molar-refractivity contribution in [3.8, 4) is 0 Å². The molecule has 1 rings (SSSR count). The van der Waals surface area contributed by atoms with Crippen molar-refractivity contribution in [3.05, 3.63) is 17.0 Å². The smallest absolute Gasteiger partial charge is 0.225 e. The topological polar surface area (TPSA) is 41.1 Å². The third-order valence-corrected chi connectivity index (χ3v) is 2.61. The molecule has 0 aromatic carbocycles. The number of hydrogen-bond donors (Lipinski definition) is 1. The van der Waals surface area contributed by atoms with Gasteiger partial charge in [0.25, 0.3) is 0 Å². The second-order valence-corrected chi connectivity index (χ2v) is 4.17. The maximum Gasteiger partial charge on any atom is 0.225 e. The van der Waals surface area contributed by atoms with Gasteiger partial charge in [-0.15, -0.1) is 0 Å². The van der Waals surface area contributed by atoms with Gasteiger partial charge in [0.1, 0.15) is 0 Å². The van der Waals surface area contributed by atoms with Crippen molar-refractivity contribution in [2.75, 3.05) is 32.1 Å². The highest BCUT2D eigenvalue weighted by Gasteiger charge is 2.08. The van der Waals surface area contributed by atoms with E-state index in [4.69, 9.17) is 0 Å². The minimum absolute atomic E-state index is 0.794. The predicted molar refractivity (Wildman–Crippen MR) is 68.1 cm³/mol. The van der Waals surface area contributed by atoms with Gasteiger partial charge in [-0.2, -0.15) is 0 Å². The van der Waals surface area contributed by atoms with Crippen LogP contribution < -0.4 is 10.2 Å². The standard InChI is InChI=1S/C12H22N4/c1-6-13-8-7-11-9(2)14-12(16(4)5)15-10(11)3/h13H,6-8H2,1-5H3. The van der Waals surface area contributed by atoms with Gasteiger partial charge >= 0.3 is 0 Å². The van der Waals surface area contributed by atoms with Crippen LogP contribution in [0, 0.1) is 13.8 Å². The SMILES string of the molecule is CCNCCc1c(C)nc(N(C)C)nc1C. The lowest BCUT2D eigenvalue weighted by Crippen LogP contribution is -2.19. The molecule has 0 amide bonds. The maximum atomic E-state index is 4.50. The molecule has 0 spiro atoms. The molecule has 0 atom stereocenters. The molecule has 16 heavy (non-hydrogen) atoms. The summed E-state index contributed by atoms with van der Waals surface area (Å²) in [5, 5.41) is 3.32. The van der Waals surface area contributed by atoms with E-state index in [1.165, 1.54) is 5.56 Å². The highest BCUT2D eigenvalue weighted by atomic mass is 15.2. The fourth-order valence-corrected chi connectivity index (χ4v) is 1.67. The second kappa shape index (κ2) is 5.80. The number of aromatic nitrogens is 2. The average Bonchev–Trinajstić information content (AvgIpc) is 2.21. The van der Waals surface area contributed by atoms with E-state index < -0.39 is 0 Å². The minimum Gasteiger partial charge on any atom is -0.347 e. The van der Waals surface area contributed by atoms with Gasteiger partial charge in [0.2, 0.25) is 5.95 Å². The summed E-state index contributed by atoms with van der Waals surface area (Å²) in [7, 11) is 3.93. The van der Waals surface area contributed by atoms with Crippen molar-refractivity contribution >= 4 is 5.95 Å². The van der Waals surface area contributed by atoms with Crippen LogP contribution in [-0.2, 0) is 6.42 Å². The zero-order valence-electron chi connectivity index (χ0n) is 11.0. The molecule has 1 heterocycles. The first-order valence-corrected chi connectivity index (χ1v) is 5.78. The Morgan fingerprint density at radius 1 is 1.12 bits per heavy atom. The van der Waals surface area contributed by atoms with E-state index in [0.717, 1.165) is 36.8 Å². The van der Waals surface area contributed by atoms with Gasteiger partial charge in [0, 0.05) is 25.5 Å². The Balaban J connectivity index is 2.85. The summed E-state index contributed by atoms with van der Waals surface area (Å²) in [5.74, 6) is 0.794. The molecule has 0 radical (unpaired) electrons. The maximum absolute atomic E-state index is 4.50. The van der Waals surface area contributed by atoms with Gasteiger partial charge in [-0.05, 0) is 38.9 Å². The first kappa shape index (κ1) is 12.9. The van der Waals surface area contributed by atoms with Crippen LogP contribution in [0.1, 0.15) is 23.9 Å². The van der Waals surface area contributed by atoms with Crippen LogP contribution >= 0.6 is 0 Å². The van der Waals surface area contributed by atoms with Gasteiger partial charge in [-0.3, -0.25) is 0 Å². The van der Waals surface area contributed by atoms with Crippen LogP contribution in [0.3, 0.4) is 0 Å². The molecule has 90 valence electrons. The van der Waals surface area contributed by atoms with E-state index in [9.17, 15) is 0 Å². The molecule has 1 N–H and O–H groups in total. The molecule has 1 aromatic heterocycles. The summed E-state index contributed by atoms with van der Waals surface area (Å²) < 4.78 is 0. The van der Waals surface area contributed by atoms with Crippen molar-refractivity contribution in [1.82, 2.24) is 15.3 Å². The molecular formula is C12H22N4. The van der Waals surface area contributed by atoms with Crippen molar-refractivity contribution < 1.29 is 0 Å². The minimum atomic E-state index is 0.794. The molecule has 0 aliphatic carbocycles. The molecule has 0 aliphatic rings. The van der Waals surface area contributed by atoms with E-state index >= 15 is 0 Å².